The van der Waals surface area contributed by atoms with Gasteiger partial charge in [-0.05, 0) is 66.8 Å². The molecule has 0 N–H and O–H groups in total. The Morgan fingerprint density at radius 3 is 2.74 bits per heavy atom. The number of carbonyl (C=O) groups is 1. The summed E-state index contributed by atoms with van der Waals surface area (Å²) in [6.45, 7) is 1.97. The third kappa shape index (κ3) is 2.35. The molecule has 1 atom stereocenters. The zero-order valence-electron chi connectivity index (χ0n) is 13.6. The molecule has 0 aromatic heterocycles. The van der Waals surface area contributed by atoms with Gasteiger partial charge in [-0.15, -0.1) is 0 Å². The van der Waals surface area contributed by atoms with Crippen LogP contribution in [0.4, 0.5) is 0 Å². The van der Waals surface area contributed by atoms with Crippen LogP contribution in [-0.4, -0.2) is 5.78 Å². The van der Waals surface area contributed by atoms with Gasteiger partial charge in [-0.3, -0.25) is 4.79 Å². The highest BCUT2D eigenvalue weighted by molar-refractivity contribution is 6.27. The summed E-state index contributed by atoms with van der Waals surface area (Å²) in [5.74, 6) is 0.285. The van der Waals surface area contributed by atoms with Crippen molar-refractivity contribution in [2.75, 3.05) is 0 Å². The maximum Gasteiger partial charge on any atom is 0.170 e. The Hall–Kier alpha value is -2.15. The predicted molar refractivity (Wildman–Crippen MR) is 94.6 cm³/mol. The van der Waals surface area contributed by atoms with Crippen LogP contribution in [0.2, 0.25) is 0 Å². The molecule has 116 valence electrons. The molecular formula is C22H22O. The van der Waals surface area contributed by atoms with E-state index in [1.807, 2.05) is 19.1 Å². The molecule has 0 amide bonds. The van der Waals surface area contributed by atoms with Gasteiger partial charge in [-0.25, -0.2) is 0 Å². The summed E-state index contributed by atoms with van der Waals surface area (Å²) >= 11 is 0. The molecule has 0 radical (unpaired) electrons. The van der Waals surface area contributed by atoms with E-state index in [4.69, 9.17) is 0 Å². The molecule has 2 aromatic carbocycles. The topological polar surface area (TPSA) is 17.1 Å². The molecule has 1 unspecified atom stereocenters. The second kappa shape index (κ2) is 5.81. The van der Waals surface area contributed by atoms with Crippen molar-refractivity contribution in [3.8, 4) is 0 Å². The van der Waals surface area contributed by atoms with Crippen LogP contribution in [-0.2, 0) is 24.1 Å². The lowest BCUT2D eigenvalue weighted by molar-refractivity contribution is -0.114. The summed E-state index contributed by atoms with van der Waals surface area (Å²) in [7, 11) is 0. The van der Waals surface area contributed by atoms with E-state index < -0.39 is 0 Å². The molecule has 2 aliphatic rings. The number of rotatable bonds is 2. The van der Waals surface area contributed by atoms with Crippen molar-refractivity contribution in [2.45, 2.75) is 44.9 Å². The number of fused-ring (bicyclic) bond motifs is 2. The van der Waals surface area contributed by atoms with Crippen molar-refractivity contribution < 1.29 is 4.79 Å². The molecule has 1 heteroatoms. The zero-order valence-corrected chi connectivity index (χ0v) is 13.6. The molecule has 2 aliphatic carbocycles. The Morgan fingerprint density at radius 1 is 1.04 bits per heavy atom. The van der Waals surface area contributed by atoms with Gasteiger partial charge in [-0.2, -0.15) is 0 Å². The molecule has 0 bridgehead atoms. The van der Waals surface area contributed by atoms with Crippen LogP contribution in [0.1, 0.15) is 53.5 Å². The Labute approximate surface area is 138 Å². The number of hydrogen-bond donors (Lipinski definition) is 0. The molecule has 1 nitrogen and oxygen atoms in total. The average molecular weight is 302 g/mol. The van der Waals surface area contributed by atoms with E-state index in [9.17, 15) is 4.79 Å². The first-order chi connectivity index (χ1) is 11.3. The summed E-state index contributed by atoms with van der Waals surface area (Å²) < 4.78 is 0. The van der Waals surface area contributed by atoms with E-state index in [0.717, 1.165) is 17.6 Å². The van der Waals surface area contributed by atoms with Gasteiger partial charge in [0.05, 0.1) is 5.92 Å². The number of ketones is 1. The second-order valence-corrected chi connectivity index (χ2v) is 6.67. The monoisotopic (exact) mass is 302 g/mol. The van der Waals surface area contributed by atoms with Crippen LogP contribution in [0, 0.1) is 0 Å². The van der Waals surface area contributed by atoms with Gasteiger partial charge in [-0.1, -0.05) is 48.5 Å². The fourth-order valence-corrected chi connectivity index (χ4v) is 4.28. The van der Waals surface area contributed by atoms with Gasteiger partial charge in [0, 0.05) is 5.57 Å². The highest BCUT2D eigenvalue weighted by Crippen LogP contribution is 2.40. The maximum atomic E-state index is 12.9. The lowest BCUT2D eigenvalue weighted by atomic mass is 9.83. The van der Waals surface area contributed by atoms with E-state index in [2.05, 4.69) is 36.4 Å². The average Bonchev–Trinajstić information content (AvgIpc) is 2.87. The van der Waals surface area contributed by atoms with Crippen LogP contribution >= 0.6 is 0 Å². The number of benzene rings is 2. The first-order valence-electron chi connectivity index (χ1n) is 8.69. The van der Waals surface area contributed by atoms with Crippen molar-refractivity contribution >= 4 is 11.4 Å². The van der Waals surface area contributed by atoms with Gasteiger partial charge < -0.3 is 0 Å². The highest BCUT2D eigenvalue weighted by Gasteiger charge is 2.34. The van der Waals surface area contributed by atoms with Gasteiger partial charge in [0.25, 0.3) is 0 Å². The second-order valence-electron chi connectivity index (χ2n) is 6.67. The van der Waals surface area contributed by atoms with E-state index in [0.29, 0.717) is 5.78 Å². The maximum absolute atomic E-state index is 12.9. The van der Waals surface area contributed by atoms with Crippen molar-refractivity contribution in [1.29, 1.82) is 0 Å². The van der Waals surface area contributed by atoms with Crippen LogP contribution < -0.4 is 0 Å². The van der Waals surface area contributed by atoms with Crippen molar-refractivity contribution in [3.63, 3.8) is 0 Å². The fraction of sp³-hybridized carbons (Fsp3) is 0.318. The van der Waals surface area contributed by atoms with Crippen LogP contribution in [0.15, 0.2) is 48.5 Å². The van der Waals surface area contributed by atoms with Crippen LogP contribution in [0.3, 0.4) is 0 Å². The predicted octanol–water partition coefficient (Wildman–Crippen LogP) is 4.88. The van der Waals surface area contributed by atoms with Crippen molar-refractivity contribution in [2.24, 2.45) is 0 Å². The largest absolute Gasteiger partial charge is 0.293 e. The van der Waals surface area contributed by atoms with E-state index in [1.54, 1.807) is 0 Å². The number of carbonyl (C=O) groups excluding carboxylic acids is 1. The highest BCUT2D eigenvalue weighted by atomic mass is 16.1. The molecule has 0 fully saturated rings. The van der Waals surface area contributed by atoms with E-state index in [1.165, 1.54) is 47.9 Å². The van der Waals surface area contributed by atoms with Crippen molar-refractivity contribution in [3.05, 3.63) is 76.4 Å². The Kier molecular flexibility index (Phi) is 3.65. The molecule has 0 saturated heterocycles. The summed E-state index contributed by atoms with van der Waals surface area (Å²) in [5.41, 5.74) is 7.63. The Bertz CT molecular complexity index is 797. The molecule has 0 heterocycles. The SMILES string of the molecule is CC=C1C(=O)C(Cc2cccc3c2CCCC3)c2ccccc21. The van der Waals surface area contributed by atoms with E-state index in [-0.39, 0.29) is 5.92 Å². The van der Waals surface area contributed by atoms with Crippen molar-refractivity contribution in [1.82, 2.24) is 0 Å². The Balaban J connectivity index is 1.74. The van der Waals surface area contributed by atoms with Gasteiger partial charge >= 0.3 is 0 Å². The fourth-order valence-electron chi connectivity index (χ4n) is 4.28. The normalized spacial score (nSPS) is 21.3. The van der Waals surface area contributed by atoms with E-state index >= 15 is 0 Å². The number of allylic oxidation sites excluding steroid dienone is 2. The minimum absolute atomic E-state index is 0.00849. The molecule has 0 spiro atoms. The van der Waals surface area contributed by atoms with Gasteiger partial charge in [0.15, 0.2) is 5.78 Å². The number of hydrogen-bond acceptors (Lipinski definition) is 1. The summed E-state index contributed by atoms with van der Waals surface area (Å²) in [6, 6.07) is 15.0. The minimum atomic E-state index is -0.00849. The number of Topliss-reactive ketones (excluding diaryl/α,β-unsaturated/α-hetero) is 1. The molecule has 2 aromatic rings. The molecule has 0 saturated carbocycles. The summed E-state index contributed by atoms with van der Waals surface area (Å²) in [4.78, 5) is 12.9. The number of aryl methyl sites for hydroxylation is 1. The standard InChI is InChI=1S/C22H22O/c1-2-17-19-12-5-6-13-20(19)21(22(17)23)14-16-10-7-9-15-8-3-4-11-18(15)16/h2,5-7,9-10,12-13,21H,3-4,8,11,14H2,1H3. The lowest BCUT2D eigenvalue weighted by Gasteiger charge is -2.21. The quantitative estimate of drug-likeness (QED) is 0.723. The summed E-state index contributed by atoms with van der Waals surface area (Å²) in [5, 5.41) is 0. The molecular weight excluding hydrogens is 280 g/mol. The van der Waals surface area contributed by atoms with Crippen LogP contribution in [0.25, 0.3) is 5.57 Å². The molecule has 23 heavy (non-hydrogen) atoms. The summed E-state index contributed by atoms with van der Waals surface area (Å²) in [6.07, 6.45) is 7.75. The third-order valence-corrected chi connectivity index (χ3v) is 5.41. The van der Waals surface area contributed by atoms with Crippen LogP contribution in [0.5, 0.6) is 0 Å². The smallest absolute Gasteiger partial charge is 0.170 e. The van der Waals surface area contributed by atoms with Gasteiger partial charge in [0.2, 0.25) is 0 Å². The minimum Gasteiger partial charge on any atom is -0.293 e. The molecule has 0 aliphatic heterocycles. The molecule has 4 rings (SSSR count). The first-order valence-corrected chi connectivity index (χ1v) is 8.69. The first kappa shape index (κ1) is 14.4. The Morgan fingerprint density at radius 2 is 1.87 bits per heavy atom. The third-order valence-electron chi connectivity index (χ3n) is 5.41. The zero-order chi connectivity index (χ0) is 15.8. The lowest BCUT2D eigenvalue weighted by Crippen LogP contribution is -2.13. The van der Waals surface area contributed by atoms with Gasteiger partial charge in [0.1, 0.15) is 0 Å².